The van der Waals surface area contributed by atoms with Crippen LogP contribution in [-0.4, -0.2) is 52.7 Å². The van der Waals surface area contributed by atoms with Gasteiger partial charge in [-0.25, -0.2) is 13.8 Å². The van der Waals surface area contributed by atoms with Gasteiger partial charge in [-0.15, -0.1) is 0 Å². The van der Waals surface area contributed by atoms with E-state index in [2.05, 4.69) is 15.3 Å². The molecule has 0 radical (unpaired) electrons. The average Bonchev–Trinajstić information content (AvgIpc) is 3.01. The molecule has 0 aliphatic carbocycles. The summed E-state index contributed by atoms with van der Waals surface area (Å²) < 4.78 is 69.1. The van der Waals surface area contributed by atoms with Gasteiger partial charge >= 0.3 is 6.18 Å². The molecule has 30 heavy (non-hydrogen) atoms. The third-order valence-corrected chi connectivity index (χ3v) is 4.58. The Labute approximate surface area is 166 Å². The van der Waals surface area contributed by atoms with Gasteiger partial charge in [0, 0.05) is 43.0 Å². The van der Waals surface area contributed by atoms with Crippen LogP contribution in [0.5, 0.6) is 5.88 Å². The van der Waals surface area contributed by atoms with Crippen LogP contribution in [-0.2, 0) is 0 Å². The van der Waals surface area contributed by atoms with Gasteiger partial charge in [0.2, 0.25) is 5.88 Å². The number of likely N-dealkylation sites (tertiary alicyclic amines) is 1. The smallest absolute Gasteiger partial charge is 0.401 e. The quantitative estimate of drug-likeness (QED) is 0.611. The van der Waals surface area contributed by atoms with Crippen molar-refractivity contribution in [3.05, 3.63) is 53.9 Å². The van der Waals surface area contributed by atoms with Crippen molar-refractivity contribution < 1.29 is 31.5 Å². The Kier molecular flexibility index (Phi) is 5.06. The zero-order valence-corrected chi connectivity index (χ0v) is 15.3. The number of hydrogen-bond acceptors (Lipinski definition) is 4. The van der Waals surface area contributed by atoms with Crippen LogP contribution in [0.2, 0.25) is 0 Å². The van der Waals surface area contributed by atoms with Crippen molar-refractivity contribution in [1.29, 1.82) is 0 Å². The Morgan fingerprint density at radius 3 is 2.63 bits per heavy atom. The number of ether oxygens (including phenoxy) is 1. The summed E-state index contributed by atoms with van der Waals surface area (Å²) in [6, 6.07) is 4.85. The number of H-pyrrole nitrogens is 1. The molecule has 1 aromatic carbocycles. The number of aromatic nitrogens is 2. The predicted octanol–water partition coefficient (Wildman–Crippen LogP) is 3.72. The van der Waals surface area contributed by atoms with Crippen LogP contribution in [0, 0.1) is 11.6 Å². The third kappa shape index (κ3) is 4.35. The minimum atomic E-state index is -4.25. The molecule has 0 bridgehead atoms. The molecule has 0 saturated carbocycles. The lowest BCUT2D eigenvalue weighted by Gasteiger charge is -2.38. The summed E-state index contributed by atoms with van der Waals surface area (Å²) in [5.41, 5.74) is 0.783. The second-order valence-corrected chi connectivity index (χ2v) is 6.90. The summed E-state index contributed by atoms with van der Waals surface area (Å²) in [6.07, 6.45) is -1.98. The number of aromatic amines is 1. The van der Waals surface area contributed by atoms with E-state index in [0.717, 1.165) is 12.1 Å². The summed E-state index contributed by atoms with van der Waals surface area (Å²) in [5, 5.41) is 2.89. The first-order chi connectivity index (χ1) is 14.2. The first kappa shape index (κ1) is 20.1. The molecule has 2 N–H and O–H groups in total. The monoisotopic (exact) mass is 426 g/mol. The van der Waals surface area contributed by atoms with E-state index >= 15 is 0 Å². The average molecular weight is 426 g/mol. The number of alkyl halides is 3. The number of pyridine rings is 1. The van der Waals surface area contributed by atoms with Crippen LogP contribution in [0.1, 0.15) is 10.4 Å². The highest BCUT2D eigenvalue weighted by atomic mass is 19.4. The van der Waals surface area contributed by atoms with Crippen LogP contribution < -0.4 is 10.1 Å². The van der Waals surface area contributed by atoms with E-state index < -0.39 is 36.4 Å². The summed E-state index contributed by atoms with van der Waals surface area (Å²) in [4.78, 5) is 20.3. The van der Waals surface area contributed by atoms with Crippen LogP contribution in [0.3, 0.4) is 0 Å². The van der Waals surface area contributed by atoms with E-state index in [1.807, 2.05) is 0 Å². The third-order valence-electron chi connectivity index (χ3n) is 4.58. The van der Waals surface area contributed by atoms with E-state index in [4.69, 9.17) is 4.74 Å². The summed E-state index contributed by atoms with van der Waals surface area (Å²) in [7, 11) is 0. The van der Waals surface area contributed by atoms with E-state index in [9.17, 15) is 26.7 Å². The van der Waals surface area contributed by atoms with Gasteiger partial charge in [0.15, 0.2) is 11.6 Å². The fraction of sp³-hybridized carbons (Fsp3) is 0.263. The van der Waals surface area contributed by atoms with Gasteiger partial charge < -0.3 is 15.0 Å². The molecule has 4 rings (SSSR count). The van der Waals surface area contributed by atoms with Crippen molar-refractivity contribution in [3.63, 3.8) is 0 Å². The second-order valence-electron chi connectivity index (χ2n) is 6.90. The topological polar surface area (TPSA) is 70.2 Å². The van der Waals surface area contributed by atoms with Crippen LogP contribution in [0.25, 0.3) is 10.9 Å². The number of halogens is 5. The van der Waals surface area contributed by atoms with E-state index in [1.54, 1.807) is 0 Å². The summed E-state index contributed by atoms with van der Waals surface area (Å²) in [5.74, 6) is -2.38. The summed E-state index contributed by atoms with van der Waals surface area (Å²) in [6.45, 7) is -0.702. The van der Waals surface area contributed by atoms with Crippen molar-refractivity contribution in [3.8, 4) is 5.88 Å². The molecule has 0 spiro atoms. The molecule has 6 nitrogen and oxygen atoms in total. The Hall–Kier alpha value is -3.21. The number of benzene rings is 1. The number of fused-ring (bicyclic) bond motifs is 1. The highest BCUT2D eigenvalue weighted by molar-refractivity contribution is 6.08. The number of anilines is 1. The molecule has 1 saturated heterocycles. The Morgan fingerprint density at radius 1 is 1.23 bits per heavy atom. The molecule has 0 atom stereocenters. The van der Waals surface area contributed by atoms with Crippen molar-refractivity contribution in [2.75, 3.05) is 25.0 Å². The van der Waals surface area contributed by atoms with E-state index in [0.29, 0.717) is 10.9 Å². The largest absolute Gasteiger partial charge is 0.472 e. The molecule has 11 heteroatoms. The van der Waals surface area contributed by atoms with Gasteiger partial charge in [-0.05, 0) is 12.1 Å². The van der Waals surface area contributed by atoms with Gasteiger partial charge in [0.25, 0.3) is 5.91 Å². The zero-order valence-electron chi connectivity index (χ0n) is 15.3. The molecule has 158 valence electrons. The number of hydrogen-bond donors (Lipinski definition) is 2. The predicted molar refractivity (Wildman–Crippen MR) is 97.3 cm³/mol. The lowest BCUT2D eigenvalue weighted by atomic mass is 10.1. The second kappa shape index (κ2) is 7.56. The van der Waals surface area contributed by atoms with Gasteiger partial charge in [0.05, 0.1) is 23.3 Å². The van der Waals surface area contributed by atoms with Crippen molar-refractivity contribution in [1.82, 2.24) is 14.9 Å². The van der Waals surface area contributed by atoms with E-state index in [1.165, 1.54) is 29.4 Å². The molecular weight excluding hydrogens is 411 g/mol. The Balaban J connectivity index is 1.35. The van der Waals surface area contributed by atoms with E-state index in [-0.39, 0.29) is 30.2 Å². The molecule has 3 heterocycles. The highest BCUT2D eigenvalue weighted by Crippen LogP contribution is 2.26. The molecule has 2 aromatic heterocycles. The molecule has 1 aliphatic rings. The molecule has 3 aromatic rings. The first-order valence-corrected chi connectivity index (χ1v) is 8.87. The lowest BCUT2D eigenvalue weighted by molar-refractivity contribution is -0.162. The zero-order chi connectivity index (χ0) is 21.5. The highest BCUT2D eigenvalue weighted by Gasteiger charge is 2.38. The first-order valence-electron chi connectivity index (χ1n) is 8.87. The maximum Gasteiger partial charge on any atom is 0.401 e. The number of carbonyl (C=O) groups excluding carboxylic acids is 1. The minimum absolute atomic E-state index is 0.140. The van der Waals surface area contributed by atoms with Crippen LogP contribution in [0.4, 0.5) is 27.6 Å². The maximum absolute atomic E-state index is 13.5. The number of carbonyl (C=O) groups is 1. The van der Waals surface area contributed by atoms with Gasteiger partial charge in [0.1, 0.15) is 6.10 Å². The number of amides is 1. The van der Waals surface area contributed by atoms with Crippen molar-refractivity contribution in [2.24, 2.45) is 0 Å². The Bertz CT molecular complexity index is 1070. The normalized spacial score (nSPS) is 15.2. The fourth-order valence-corrected chi connectivity index (χ4v) is 3.15. The van der Waals surface area contributed by atoms with Gasteiger partial charge in [-0.1, -0.05) is 0 Å². The standard InChI is InChI=1S/C19H15F5N4O2/c20-13-3-12-15(4-14(13)21)25-6-16(12)27-18(29)10-1-2-17(26-5-10)30-11-7-28(8-11)9-19(22,23)24/h1-6,11,25H,7-9H2,(H,27,29). The minimum Gasteiger partial charge on any atom is -0.472 e. The lowest BCUT2D eigenvalue weighted by Crippen LogP contribution is -2.56. The van der Waals surface area contributed by atoms with Crippen LogP contribution >= 0.6 is 0 Å². The summed E-state index contributed by atoms with van der Waals surface area (Å²) >= 11 is 0. The number of rotatable bonds is 5. The molecule has 1 amide bonds. The molecular formula is C19H15F5N4O2. The maximum atomic E-state index is 13.5. The van der Waals surface area contributed by atoms with Gasteiger partial charge in [-0.2, -0.15) is 13.2 Å². The fourth-order valence-electron chi connectivity index (χ4n) is 3.15. The van der Waals surface area contributed by atoms with Crippen molar-refractivity contribution >= 4 is 22.5 Å². The molecule has 1 aliphatic heterocycles. The van der Waals surface area contributed by atoms with Gasteiger partial charge in [-0.3, -0.25) is 9.69 Å². The van der Waals surface area contributed by atoms with Crippen LogP contribution in [0.15, 0.2) is 36.7 Å². The SMILES string of the molecule is O=C(Nc1c[nH]c2cc(F)c(F)cc12)c1ccc(OC2CN(CC(F)(F)F)C2)nc1. The number of nitrogens with zero attached hydrogens (tertiary/aromatic N) is 2. The number of nitrogens with one attached hydrogen (secondary N) is 2. The Morgan fingerprint density at radius 2 is 1.97 bits per heavy atom. The van der Waals surface area contributed by atoms with Crippen molar-refractivity contribution in [2.45, 2.75) is 12.3 Å². The molecule has 0 unspecified atom stereocenters. The molecule has 1 fully saturated rings.